The molecular formula is C16H11ClFNO4S. The fraction of sp³-hybridized carbons (Fsp3) is 0.0625. The molecule has 1 aliphatic heterocycles. The number of sulfonamides is 1. The highest BCUT2D eigenvalue weighted by Gasteiger charge is 2.28. The van der Waals surface area contributed by atoms with Crippen LogP contribution in [0.4, 0.5) is 4.39 Å². The summed E-state index contributed by atoms with van der Waals surface area (Å²) in [5.74, 6) is -1.53. The molecule has 1 aliphatic rings. The normalized spacial score (nSPS) is 14.9. The van der Waals surface area contributed by atoms with E-state index in [4.69, 9.17) is 21.5 Å². The Kier molecular flexibility index (Phi) is 4.16. The van der Waals surface area contributed by atoms with Crippen LogP contribution in [0.1, 0.15) is 11.1 Å². The molecule has 0 amide bonds. The smallest absolute Gasteiger partial charge is 0.339 e. The largest absolute Gasteiger partial charge is 0.457 e. The summed E-state index contributed by atoms with van der Waals surface area (Å²) in [7, 11) is -4.16. The van der Waals surface area contributed by atoms with E-state index in [1.54, 1.807) is 24.3 Å². The third-order valence-corrected chi connectivity index (χ3v) is 4.77. The van der Waals surface area contributed by atoms with Crippen LogP contribution in [0.3, 0.4) is 0 Å². The fourth-order valence-electron chi connectivity index (χ4n) is 2.46. The lowest BCUT2D eigenvalue weighted by molar-refractivity contribution is -0.133. The van der Waals surface area contributed by atoms with Crippen molar-refractivity contribution in [2.75, 3.05) is 6.61 Å². The van der Waals surface area contributed by atoms with Gasteiger partial charge in [0.05, 0.1) is 5.57 Å². The van der Waals surface area contributed by atoms with Gasteiger partial charge in [-0.25, -0.2) is 22.7 Å². The molecule has 2 aromatic carbocycles. The highest BCUT2D eigenvalue weighted by Crippen LogP contribution is 2.34. The van der Waals surface area contributed by atoms with Crippen LogP contribution in [0.2, 0.25) is 5.02 Å². The van der Waals surface area contributed by atoms with Crippen molar-refractivity contribution in [3.63, 3.8) is 0 Å². The Labute approximate surface area is 142 Å². The van der Waals surface area contributed by atoms with E-state index in [1.165, 1.54) is 6.07 Å². The number of ether oxygens (including phenoxy) is 1. The molecule has 2 N–H and O–H groups in total. The second-order valence-electron chi connectivity index (χ2n) is 5.13. The van der Waals surface area contributed by atoms with E-state index in [1.807, 2.05) is 0 Å². The van der Waals surface area contributed by atoms with Crippen LogP contribution in [0.5, 0.6) is 0 Å². The van der Waals surface area contributed by atoms with Gasteiger partial charge in [0.25, 0.3) is 0 Å². The van der Waals surface area contributed by atoms with Gasteiger partial charge in [0.1, 0.15) is 17.3 Å². The molecule has 0 saturated carbocycles. The molecule has 0 bridgehead atoms. The predicted octanol–water partition coefficient (Wildman–Crippen LogP) is 2.59. The summed E-state index contributed by atoms with van der Waals surface area (Å²) < 4.78 is 41.7. The van der Waals surface area contributed by atoms with E-state index in [0.717, 1.165) is 12.1 Å². The van der Waals surface area contributed by atoms with Crippen molar-refractivity contribution in [1.29, 1.82) is 0 Å². The van der Waals surface area contributed by atoms with Crippen molar-refractivity contribution < 1.29 is 22.3 Å². The summed E-state index contributed by atoms with van der Waals surface area (Å²) in [5.41, 5.74) is 1.67. The van der Waals surface area contributed by atoms with E-state index in [0.29, 0.717) is 21.7 Å². The van der Waals surface area contributed by atoms with Crippen molar-refractivity contribution in [3.8, 4) is 0 Å². The number of hydrogen-bond donors (Lipinski definition) is 1. The van der Waals surface area contributed by atoms with Gasteiger partial charge in [0, 0.05) is 10.6 Å². The highest BCUT2D eigenvalue weighted by molar-refractivity contribution is 7.89. The molecule has 0 saturated heterocycles. The maximum Gasteiger partial charge on any atom is 0.339 e. The Bertz CT molecular complexity index is 968. The summed E-state index contributed by atoms with van der Waals surface area (Å²) in [4.78, 5) is 11.4. The standard InChI is InChI=1S/C16H11ClFNO4S/c17-11-4-1-9(2-5-11)15-12(8-23-16(15)20)10-3-6-14(13(18)7-10)24(19,21)22/h1-7H,8H2,(H2,19,21,22). The van der Waals surface area contributed by atoms with Gasteiger partial charge >= 0.3 is 5.97 Å². The molecule has 0 unspecified atom stereocenters. The number of carbonyl (C=O) groups is 1. The van der Waals surface area contributed by atoms with Gasteiger partial charge < -0.3 is 4.74 Å². The van der Waals surface area contributed by atoms with Gasteiger partial charge in [-0.05, 0) is 35.4 Å². The summed E-state index contributed by atoms with van der Waals surface area (Å²) in [6.07, 6.45) is 0. The number of rotatable bonds is 3. The van der Waals surface area contributed by atoms with Crippen LogP contribution < -0.4 is 5.14 Å². The molecule has 0 aromatic heterocycles. The minimum atomic E-state index is -4.16. The van der Waals surface area contributed by atoms with Crippen molar-refractivity contribution in [2.45, 2.75) is 4.90 Å². The van der Waals surface area contributed by atoms with Crippen molar-refractivity contribution in [2.24, 2.45) is 5.14 Å². The average Bonchev–Trinajstić information content (AvgIpc) is 2.88. The van der Waals surface area contributed by atoms with Crippen LogP contribution in [0.15, 0.2) is 47.4 Å². The first-order valence-electron chi connectivity index (χ1n) is 6.76. The summed E-state index contributed by atoms with van der Waals surface area (Å²) in [6, 6.07) is 10.0. The van der Waals surface area contributed by atoms with E-state index in [2.05, 4.69) is 0 Å². The van der Waals surface area contributed by atoms with Crippen LogP contribution in [0, 0.1) is 5.82 Å². The zero-order chi connectivity index (χ0) is 17.5. The topological polar surface area (TPSA) is 86.5 Å². The Morgan fingerprint density at radius 2 is 1.71 bits per heavy atom. The van der Waals surface area contributed by atoms with Crippen molar-refractivity contribution >= 4 is 38.7 Å². The number of primary sulfonamides is 1. The van der Waals surface area contributed by atoms with E-state index >= 15 is 0 Å². The molecule has 8 heteroatoms. The number of cyclic esters (lactones) is 1. The first-order chi connectivity index (χ1) is 11.3. The molecule has 1 heterocycles. The first-order valence-corrected chi connectivity index (χ1v) is 8.69. The molecule has 0 aliphatic carbocycles. The number of halogens is 2. The van der Waals surface area contributed by atoms with Gasteiger partial charge in [-0.15, -0.1) is 0 Å². The Balaban J connectivity index is 2.14. The predicted molar refractivity (Wildman–Crippen MR) is 87.0 cm³/mol. The number of benzene rings is 2. The lowest BCUT2D eigenvalue weighted by atomic mass is 9.97. The summed E-state index contributed by atoms with van der Waals surface area (Å²) in [6.45, 7) is -0.0368. The van der Waals surface area contributed by atoms with E-state index < -0.39 is 26.7 Å². The quantitative estimate of drug-likeness (QED) is 0.845. The van der Waals surface area contributed by atoms with Crippen molar-refractivity contribution in [1.82, 2.24) is 0 Å². The Morgan fingerprint density at radius 3 is 2.29 bits per heavy atom. The first kappa shape index (κ1) is 16.6. The molecule has 0 radical (unpaired) electrons. The van der Waals surface area contributed by atoms with Crippen LogP contribution in [0.25, 0.3) is 11.1 Å². The second-order valence-corrected chi connectivity index (χ2v) is 7.09. The molecule has 24 heavy (non-hydrogen) atoms. The van der Waals surface area contributed by atoms with Gasteiger partial charge in [0.2, 0.25) is 10.0 Å². The molecule has 3 rings (SSSR count). The zero-order valence-electron chi connectivity index (χ0n) is 12.1. The fourth-order valence-corrected chi connectivity index (χ4v) is 3.18. The third-order valence-electron chi connectivity index (χ3n) is 3.57. The molecule has 0 atom stereocenters. The van der Waals surface area contributed by atoms with Crippen LogP contribution in [-0.2, 0) is 19.6 Å². The van der Waals surface area contributed by atoms with Gasteiger partial charge in [-0.1, -0.05) is 29.8 Å². The minimum absolute atomic E-state index is 0.0368. The summed E-state index contributed by atoms with van der Waals surface area (Å²) >= 11 is 5.84. The molecule has 124 valence electrons. The highest BCUT2D eigenvalue weighted by atomic mass is 35.5. The maximum atomic E-state index is 14.1. The number of carbonyl (C=O) groups excluding carboxylic acids is 1. The van der Waals surface area contributed by atoms with Gasteiger partial charge in [0.15, 0.2) is 0 Å². The minimum Gasteiger partial charge on any atom is -0.457 e. The second kappa shape index (κ2) is 6.01. The zero-order valence-corrected chi connectivity index (χ0v) is 13.7. The van der Waals surface area contributed by atoms with Gasteiger partial charge in [-0.3, -0.25) is 0 Å². The SMILES string of the molecule is NS(=O)(=O)c1ccc(C2=C(c3ccc(Cl)cc3)C(=O)OC2)cc1F. The molecule has 0 fully saturated rings. The van der Waals surface area contributed by atoms with Gasteiger partial charge in [-0.2, -0.15) is 0 Å². The molecule has 0 spiro atoms. The van der Waals surface area contributed by atoms with Crippen LogP contribution >= 0.6 is 11.6 Å². The Hall–Kier alpha value is -2.22. The van der Waals surface area contributed by atoms with E-state index in [-0.39, 0.29) is 12.2 Å². The molecule has 2 aromatic rings. The number of nitrogens with two attached hydrogens (primary N) is 1. The summed E-state index contributed by atoms with van der Waals surface area (Å²) in [5, 5.41) is 5.45. The Morgan fingerprint density at radius 1 is 1.08 bits per heavy atom. The maximum absolute atomic E-state index is 14.1. The molecular weight excluding hydrogens is 357 g/mol. The number of esters is 1. The molecule has 5 nitrogen and oxygen atoms in total. The van der Waals surface area contributed by atoms with E-state index in [9.17, 15) is 17.6 Å². The number of hydrogen-bond acceptors (Lipinski definition) is 4. The average molecular weight is 368 g/mol. The van der Waals surface area contributed by atoms with Crippen LogP contribution in [-0.4, -0.2) is 21.0 Å². The lowest BCUT2D eigenvalue weighted by Gasteiger charge is -2.07. The van der Waals surface area contributed by atoms with Crippen molar-refractivity contribution in [3.05, 3.63) is 64.4 Å². The monoisotopic (exact) mass is 367 g/mol. The third kappa shape index (κ3) is 3.06. The lowest BCUT2D eigenvalue weighted by Crippen LogP contribution is -2.14.